The Bertz CT molecular complexity index is 884. The summed E-state index contributed by atoms with van der Waals surface area (Å²) in [6.45, 7) is 1.47. The summed E-state index contributed by atoms with van der Waals surface area (Å²) in [6.07, 6.45) is 0. The van der Waals surface area contributed by atoms with Gasteiger partial charge < -0.3 is 10.1 Å². The molecule has 1 N–H and O–H groups in total. The van der Waals surface area contributed by atoms with Crippen LogP contribution in [-0.4, -0.2) is 39.3 Å². The summed E-state index contributed by atoms with van der Waals surface area (Å²) in [5.41, 5.74) is 1.36. The summed E-state index contributed by atoms with van der Waals surface area (Å²) in [4.78, 5) is 12.2. The molecule has 2 rings (SSSR count). The number of aryl methyl sites for hydroxylation is 1. The zero-order valence-corrected chi connectivity index (χ0v) is 16.5. The number of carbonyl (C=O) groups excluding carboxylic acids is 1. The van der Waals surface area contributed by atoms with Gasteiger partial charge in [-0.25, -0.2) is 8.42 Å². The van der Waals surface area contributed by atoms with E-state index in [1.807, 2.05) is 6.07 Å². The van der Waals surface area contributed by atoms with Crippen LogP contribution in [0.3, 0.4) is 0 Å². The lowest BCUT2D eigenvalue weighted by atomic mass is 10.2. The van der Waals surface area contributed by atoms with E-state index in [1.165, 1.54) is 20.2 Å². The number of likely N-dealkylation sites (N-methyl/N-ethyl adjacent to an activating group) is 1. The first-order valence-electron chi connectivity index (χ1n) is 7.41. The Morgan fingerprint density at radius 1 is 1.24 bits per heavy atom. The number of amides is 1. The first-order valence-corrected chi connectivity index (χ1v) is 9.64. The quantitative estimate of drug-likeness (QED) is 0.769. The van der Waals surface area contributed by atoms with Gasteiger partial charge in [0.25, 0.3) is 0 Å². The van der Waals surface area contributed by atoms with E-state index < -0.39 is 15.9 Å². The number of benzene rings is 2. The van der Waals surface area contributed by atoms with Crippen LogP contribution in [0.2, 0.25) is 0 Å². The van der Waals surface area contributed by atoms with Crippen molar-refractivity contribution in [2.75, 3.05) is 26.0 Å². The molecule has 0 aromatic heterocycles. The highest BCUT2D eigenvalue weighted by Gasteiger charge is 2.26. The number of nitrogens with one attached hydrogen (secondary N) is 1. The summed E-state index contributed by atoms with van der Waals surface area (Å²) in [7, 11) is -1.10. The number of sulfonamides is 1. The Kier molecular flexibility index (Phi) is 6.21. The molecule has 0 unspecified atom stereocenters. The molecule has 2 aromatic rings. The number of hydrogen-bond acceptors (Lipinski definition) is 4. The standard InChI is InChI=1S/C17H19BrN2O4S/c1-12-8-9-15(24-3)16(10-12)25(22,23)20(2)11-17(21)19-14-7-5-4-6-13(14)18/h4-10H,11H2,1-3H3,(H,19,21). The van der Waals surface area contributed by atoms with Crippen LogP contribution in [0.1, 0.15) is 5.56 Å². The van der Waals surface area contributed by atoms with Gasteiger partial charge in [-0.1, -0.05) is 18.2 Å². The lowest BCUT2D eigenvalue weighted by Gasteiger charge is -2.19. The van der Waals surface area contributed by atoms with E-state index in [2.05, 4.69) is 21.2 Å². The molecule has 0 saturated heterocycles. The van der Waals surface area contributed by atoms with Crippen molar-refractivity contribution in [3.63, 3.8) is 0 Å². The minimum absolute atomic E-state index is 0.0335. The molecule has 2 aromatic carbocycles. The molecule has 0 aliphatic carbocycles. The van der Waals surface area contributed by atoms with Crippen molar-refractivity contribution in [1.29, 1.82) is 0 Å². The fraction of sp³-hybridized carbons (Fsp3) is 0.235. The van der Waals surface area contributed by atoms with Crippen LogP contribution in [0.4, 0.5) is 5.69 Å². The zero-order valence-electron chi connectivity index (χ0n) is 14.1. The van der Waals surface area contributed by atoms with Gasteiger partial charge in [0.15, 0.2) is 0 Å². The highest BCUT2D eigenvalue weighted by Crippen LogP contribution is 2.27. The van der Waals surface area contributed by atoms with Crippen molar-refractivity contribution in [1.82, 2.24) is 4.31 Å². The third kappa shape index (κ3) is 4.59. The molecule has 6 nitrogen and oxygen atoms in total. The Morgan fingerprint density at radius 3 is 2.56 bits per heavy atom. The molecule has 0 spiro atoms. The number of halogens is 1. The molecule has 0 bridgehead atoms. The highest BCUT2D eigenvalue weighted by molar-refractivity contribution is 9.10. The van der Waals surface area contributed by atoms with Gasteiger partial charge in [-0.15, -0.1) is 0 Å². The second-order valence-corrected chi connectivity index (χ2v) is 8.31. The third-order valence-electron chi connectivity index (χ3n) is 3.52. The fourth-order valence-corrected chi connectivity index (χ4v) is 3.94. The lowest BCUT2D eigenvalue weighted by Crippen LogP contribution is -2.35. The van der Waals surface area contributed by atoms with Crippen LogP contribution in [0.25, 0.3) is 0 Å². The Labute approximate surface area is 156 Å². The number of rotatable bonds is 6. The summed E-state index contributed by atoms with van der Waals surface area (Å²) in [6, 6.07) is 12.0. The smallest absolute Gasteiger partial charge is 0.246 e. The third-order valence-corrected chi connectivity index (χ3v) is 6.04. The fourth-order valence-electron chi connectivity index (χ4n) is 2.19. The van der Waals surface area contributed by atoms with Gasteiger partial charge in [-0.2, -0.15) is 4.31 Å². The summed E-state index contributed by atoms with van der Waals surface area (Å²) in [5.74, 6) is -0.201. The monoisotopic (exact) mass is 426 g/mol. The van der Waals surface area contributed by atoms with Crippen LogP contribution < -0.4 is 10.1 Å². The van der Waals surface area contributed by atoms with E-state index >= 15 is 0 Å². The predicted molar refractivity (Wildman–Crippen MR) is 100 cm³/mol. The van der Waals surface area contributed by atoms with E-state index in [-0.39, 0.29) is 17.2 Å². The minimum Gasteiger partial charge on any atom is -0.495 e. The minimum atomic E-state index is -3.87. The average Bonchev–Trinajstić information content (AvgIpc) is 2.56. The molecule has 0 atom stereocenters. The van der Waals surface area contributed by atoms with Gasteiger partial charge in [0.05, 0.1) is 19.3 Å². The first-order chi connectivity index (χ1) is 11.8. The molecule has 0 saturated carbocycles. The van der Waals surface area contributed by atoms with E-state index in [9.17, 15) is 13.2 Å². The number of hydrogen-bond donors (Lipinski definition) is 1. The maximum Gasteiger partial charge on any atom is 0.246 e. The van der Waals surface area contributed by atoms with Crippen molar-refractivity contribution < 1.29 is 17.9 Å². The number of methoxy groups -OCH3 is 1. The Hall–Kier alpha value is -1.90. The lowest BCUT2D eigenvalue weighted by molar-refractivity contribution is -0.116. The average molecular weight is 427 g/mol. The SMILES string of the molecule is COc1ccc(C)cc1S(=O)(=O)N(C)CC(=O)Nc1ccccc1Br. The summed E-state index contributed by atoms with van der Waals surface area (Å²) >= 11 is 3.33. The predicted octanol–water partition coefficient (Wildman–Crippen LogP) is 3.03. The van der Waals surface area contributed by atoms with E-state index in [1.54, 1.807) is 37.3 Å². The van der Waals surface area contributed by atoms with Gasteiger partial charge >= 0.3 is 0 Å². The maximum absolute atomic E-state index is 12.8. The number of ether oxygens (including phenoxy) is 1. The molecular formula is C17H19BrN2O4S. The molecular weight excluding hydrogens is 408 g/mol. The van der Waals surface area contributed by atoms with Crippen molar-refractivity contribution in [3.05, 3.63) is 52.5 Å². The second-order valence-electron chi connectivity index (χ2n) is 5.44. The maximum atomic E-state index is 12.8. The van der Waals surface area contributed by atoms with Gasteiger partial charge in [-0.3, -0.25) is 4.79 Å². The zero-order chi connectivity index (χ0) is 18.6. The van der Waals surface area contributed by atoms with Crippen LogP contribution >= 0.6 is 15.9 Å². The molecule has 8 heteroatoms. The number of nitrogens with zero attached hydrogens (tertiary/aromatic N) is 1. The number of carbonyl (C=O) groups is 1. The van der Waals surface area contributed by atoms with Gasteiger partial charge in [-0.05, 0) is 52.7 Å². The Morgan fingerprint density at radius 2 is 1.92 bits per heavy atom. The van der Waals surface area contributed by atoms with Gasteiger partial charge in [0, 0.05) is 11.5 Å². The molecule has 0 aliphatic heterocycles. The van der Waals surface area contributed by atoms with Crippen molar-refractivity contribution in [2.45, 2.75) is 11.8 Å². The Balaban J connectivity index is 2.19. The first kappa shape index (κ1) is 19.4. The molecule has 1 amide bonds. The molecule has 0 radical (unpaired) electrons. The molecule has 25 heavy (non-hydrogen) atoms. The van der Waals surface area contributed by atoms with E-state index in [4.69, 9.17) is 4.74 Å². The van der Waals surface area contributed by atoms with Crippen molar-refractivity contribution >= 4 is 37.5 Å². The topological polar surface area (TPSA) is 75.7 Å². The van der Waals surface area contributed by atoms with Crippen molar-refractivity contribution in [3.8, 4) is 5.75 Å². The summed E-state index contributed by atoms with van der Waals surface area (Å²) < 4.78 is 32.4. The van der Waals surface area contributed by atoms with Crippen LogP contribution in [-0.2, 0) is 14.8 Å². The molecule has 134 valence electrons. The second kappa shape index (κ2) is 7.99. The molecule has 0 aliphatic rings. The van der Waals surface area contributed by atoms with Crippen LogP contribution in [0.5, 0.6) is 5.75 Å². The highest BCUT2D eigenvalue weighted by atomic mass is 79.9. The number of para-hydroxylation sites is 1. The van der Waals surface area contributed by atoms with Gasteiger partial charge in [0.1, 0.15) is 10.6 Å². The van der Waals surface area contributed by atoms with Gasteiger partial charge in [0.2, 0.25) is 15.9 Å². The largest absolute Gasteiger partial charge is 0.495 e. The molecule has 0 heterocycles. The van der Waals surface area contributed by atoms with Crippen molar-refractivity contribution in [2.24, 2.45) is 0 Å². The van der Waals surface area contributed by atoms with E-state index in [0.717, 1.165) is 9.87 Å². The summed E-state index contributed by atoms with van der Waals surface area (Å²) in [5, 5.41) is 2.68. The van der Waals surface area contributed by atoms with Crippen LogP contribution in [0, 0.1) is 6.92 Å². The number of anilines is 1. The van der Waals surface area contributed by atoms with Crippen LogP contribution in [0.15, 0.2) is 51.8 Å². The normalized spacial score (nSPS) is 11.4. The van der Waals surface area contributed by atoms with E-state index in [0.29, 0.717) is 10.2 Å². The molecule has 0 fully saturated rings.